The number of aryl methyl sites for hydroxylation is 1. The van der Waals surface area contributed by atoms with Crippen LogP contribution >= 0.6 is 23.2 Å². The molecule has 1 N–H and O–H groups in total. The Balaban J connectivity index is 1.47. The molecule has 2 aromatic carbocycles. The number of para-hydroxylation sites is 1. The van der Waals surface area contributed by atoms with E-state index in [-0.39, 0.29) is 24.5 Å². The van der Waals surface area contributed by atoms with Gasteiger partial charge in [-0.2, -0.15) is 0 Å². The second-order valence-electron chi connectivity index (χ2n) is 6.89. The number of benzene rings is 2. The molecule has 0 fully saturated rings. The highest BCUT2D eigenvalue weighted by atomic mass is 35.5. The van der Waals surface area contributed by atoms with E-state index in [4.69, 9.17) is 23.2 Å². The molecule has 2 aliphatic rings. The van der Waals surface area contributed by atoms with Crippen LogP contribution in [0.15, 0.2) is 47.5 Å². The molecule has 1 amide bonds. The molecular weight excluding hydrogens is 397 g/mol. The van der Waals surface area contributed by atoms with Gasteiger partial charge in [0.2, 0.25) is 5.91 Å². The van der Waals surface area contributed by atoms with Crippen LogP contribution in [-0.4, -0.2) is 36.7 Å². The lowest BCUT2D eigenvalue weighted by Gasteiger charge is -2.24. The highest BCUT2D eigenvalue weighted by molar-refractivity contribution is 6.35. The van der Waals surface area contributed by atoms with Gasteiger partial charge in [0, 0.05) is 35.0 Å². The molecule has 4 rings (SSSR count). The summed E-state index contributed by atoms with van der Waals surface area (Å²) in [7, 11) is 0. The van der Waals surface area contributed by atoms with Gasteiger partial charge in [-0.1, -0.05) is 41.4 Å². The van der Waals surface area contributed by atoms with Gasteiger partial charge in [-0.25, -0.2) is 0 Å². The third kappa shape index (κ3) is 3.77. The summed E-state index contributed by atoms with van der Waals surface area (Å²) in [6.45, 7) is 1.37. The third-order valence-corrected chi connectivity index (χ3v) is 5.63. The highest BCUT2D eigenvalue weighted by Crippen LogP contribution is 2.29. The molecule has 0 saturated heterocycles. The molecule has 2 aromatic rings. The SMILES string of the molecule is O=C(CCc1ccc(Cl)cc1Cl)NC1CC(=O)c2ccccc2N2CCN=C12. The van der Waals surface area contributed by atoms with Crippen molar-refractivity contribution in [1.82, 2.24) is 5.32 Å². The average Bonchev–Trinajstić information content (AvgIpc) is 3.13. The standard InChI is InChI=1S/C21H19Cl2N3O2/c22-14-7-5-13(16(23)11-14)6-8-20(28)25-17-12-19(27)15-3-1-2-4-18(15)26-10-9-24-21(17)26/h1-5,7,11,17H,6,8-10,12H2,(H,25,28). The van der Waals surface area contributed by atoms with Gasteiger partial charge < -0.3 is 10.2 Å². The summed E-state index contributed by atoms with van der Waals surface area (Å²) in [6, 6.07) is 12.4. The monoisotopic (exact) mass is 415 g/mol. The van der Waals surface area contributed by atoms with Crippen LogP contribution in [0.1, 0.15) is 28.8 Å². The lowest BCUT2D eigenvalue weighted by atomic mass is 10.0. The number of nitrogens with zero attached hydrogens (tertiary/aromatic N) is 2. The van der Waals surface area contributed by atoms with Crippen LogP contribution in [0.25, 0.3) is 0 Å². The number of carbonyl (C=O) groups excluding carboxylic acids is 2. The number of amidine groups is 1. The fraction of sp³-hybridized carbons (Fsp3) is 0.286. The van der Waals surface area contributed by atoms with Gasteiger partial charge in [0.05, 0.1) is 18.3 Å². The quantitative estimate of drug-likeness (QED) is 0.822. The number of halogens is 2. The van der Waals surface area contributed by atoms with Crippen LogP contribution in [-0.2, 0) is 11.2 Å². The smallest absolute Gasteiger partial charge is 0.220 e. The summed E-state index contributed by atoms with van der Waals surface area (Å²) < 4.78 is 0. The number of hydrogen-bond donors (Lipinski definition) is 1. The summed E-state index contributed by atoms with van der Waals surface area (Å²) in [6.07, 6.45) is 0.977. The first-order chi connectivity index (χ1) is 13.5. The Bertz CT molecular complexity index is 974. The number of hydrogen-bond acceptors (Lipinski definition) is 4. The van der Waals surface area contributed by atoms with Crippen LogP contribution < -0.4 is 10.2 Å². The van der Waals surface area contributed by atoms with Crippen molar-refractivity contribution in [1.29, 1.82) is 0 Å². The van der Waals surface area contributed by atoms with Crippen molar-refractivity contribution in [3.05, 3.63) is 63.6 Å². The summed E-state index contributed by atoms with van der Waals surface area (Å²) >= 11 is 12.1. The maximum absolute atomic E-state index is 12.7. The molecule has 28 heavy (non-hydrogen) atoms. The summed E-state index contributed by atoms with van der Waals surface area (Å²) in [5.74, 6) is 0.638. The Kier molecular flexibility index (Phi) is 5.38. The lowest BCUT2D eigenvalue weighted by Crippen LogP contribution is -2.46. The Hall–Kier alpha value is -2.37. The molecule has 144 valence electrons. The Morgan fingerprint density at radius 1 is 1.21 bits per heavy atom. The van der Waals surface area contributed by atoms with Crippen LogP contribution in [0.2, 0.25) is 10.0 Å². The van der Waals surface area contributed by atoms with Crippen molar-refractivity contribution in [2.24, 2.45) is 4.99 Å². The summed E-state index contributed by atoms with van der Waals surface area (Å²) in [5.41, 5.74) is 2.42. The van der Waals surface area contributed by atoms with Crippen molar-refractivity contribution in [3.63, 3.8) is 0 Å². The fourth-order valence-corrected chi connectivity index (χ4v) is 4.20. The average molecular weight is 416 g/mol. The number of Topliss-reactive ketones (excluding diaryl/α,β-unsaturated/α-hetero) is 1. The maximum Gasteiger partial charge on any atom is 0.220 e. The maximum atomic E-state index is 12.7. The van der Waals surface area contributed by atoms with E-state index in [0.717, 1.165) is 17.1 Å². The minimum atomic E-state index is -0.421. The highest BCUT2D eigenvalue weighted by Gasteiger charge is 2.35. The minimum absolute atomic E-state index is 0.0127. The lowest BCUT2D eigenvalue weighted by molar-refractivity contribution is -0.121. The van der Waals surface area contributed by atoms with E-state index in [1.807, 2.05) is 35.2 Å². The van der Waals surface area contributed by atoms with Crippen LogP contribution in [0.3, 0.4) is 0 Å². The largest absolute Gasteiger partial charge is 0.346 e. The van der Waals surface area contributed by atoms with E-state index >= 15 is 0 Å². The zero-order chi connectivity index (χ0) is 19.7. The Morgan fingerprint density at radius 3 is 2.86 bits per heavy atom. The second-order valence-corrected chi connectivity index (χ2v) is 7.74. The first kappa shape index (κ1) is 19.0. The molecule has 1 unspecified atom stereocenters. The first-order valence-corrected chi connectivity index (χ1v) is 9.96. The van der Waals surface area contributed by atoms with Gasteiger partial charge in [-0.15, -0.1) is 0 Å². The number of aliphatic imine (C=N–C) groups is 1. The van der Waals surface area contributed by atoms with Gasteiger partial charge >= 0.3 is 0 Å². The number of anilines is 1. The number of carbonyl (C=O) groups is 2. The van der Waals surface area contributed by atoms with Gasteiger partial charge in [0.15, 0.2) is 5.78 Å². The van der Waals surface area contributed by atoms with E-state index in [2.05, 4.69) is 10.3 Å². The topological polar surface area (TPSA) is 61.8 Å². The van der Waals surface area contributed by atoms with Crippen LogP contribution in [0, 0.1) is 0 Å². The molecule has 2 heterocycles. The zero-order valence-electron chi connectivity index (χ0n) is 15.1. The molecule has 1 atom stereocenters. The van der Waals surface area contributed by atoms with Crippen molar-refractivity contribution >= 4 is 46.4 Å². The first-order valence-electron chi connectivity index (χ1n) is 9.20. The molecular formula is C21H19Cl2N3O2. The predicted molar refractivity (Wildman–Crippen MR) is 112 cm³/mol. The molecule has 0 radical (unpaired) electrons. The summed E-state index contributed by atoms with van der Waals surface area (Å²) in [5, 5.41) is 4.11. The molecule has 0 bridgehead atoms. The Labute approximate surface area is 173 Å². The van der Waals surface area contributed by atoms with Crippen molar-refractivity contribution in [3.8, 4) is 0 Å². The summed E-state index contributed by atoms with van der Waals surface area (Å²) in [4.78, 5) is 31.9. The predicted octanol–water partition coefficient (Wildman–Crippen LogP) is 3.92. The molecule has 0 spiro atoms. The molecule has 0 saturated carbocycles. The van der Waals surface area contributed by atoms with Gasteiger partial charge in [0.1, 0.15) is 5.84 Å². The van der Waals surface area contributed by atoms with Crippen molar-refractivity contribution in [2.45, 2.75) is 25.3 Å². The number of nitrogens with one attached hydrogen (secondary N) is 1. The van der Waals surface area contributed by atoms with Gasteiger partial charge in [0.25, 0.3) is 0 Å². The molecule has 5 nitrogen and oxygen atoms in total. The van der Waals surface area contributed by atoms with Gasteiger partial charge in [-0.3, -0.25) is 14.6 Å². The number of amides is 1. The molecule has 0 aromatic heterocycles. The fourth-order valence-electron chi connectivity index (χ4n) is 3.69. The molecule has 2 aliphatic heterocycles. The number of ketones is 1. The van der Waals surface area contributed by atoms with Crippen molar-refractivity contribution < 1.29 is 9.59 Å². The van der Waals surface area contributed by atoms with Gasteiger partial charge in [-0.05, 0) is 36.2 Å². The van der Waals surface area contributed by atoms with E-state index in [1.54, 1.807) is 12.1 Å². The van der Waals surface area contributed by atoms with Crippen LogP contribution in [0.4, 0.5) is 5.69 Å². The zero-order valence-corrected chi connectivity index (χ0v) is 16.6. The third-order valence-electron chi connectivity index (χ3n) is 5.04. The van der Waals surface area contributed by atoms with E-state index < -0.39 is 6.04 Å². The van der Waals surface area contributed by atoms with E-state index in [0.29, 0.717) is 35.1 Å². The van der Waals surface area contributed by atoms with Crippen molar-refractivity contribution in [2.75, 3.05) is 18.0 Å². The molecule has 0 aliphatic carbocycles. The minimum Gasteiger partial charge on any atom is -0.346 e. The van der Waals surface area contributed by atoms with E-state index in [1.165, 1.54) is 0 Å². The normalized spacial score (nSPS) is 18.2. The van der Waals surface area contributed by atoms with E-state index in [9.17, 15) is 9.59 Å². The number of rotatable bonds is 4. The second kappa shape index (κ2) is 7.94. The van der Waals surface area contributed by atoms with Crippen LogP contribution in [0.5, 0.6) is 0 Å². The number of fused-ring (bicyclic) bond motifs is 3. The Morgan fingerprint density at radius 2 is 2.04 bits per heavy atom. The molecule has 7 heteroatoms.